The van der Waals surface area contributed by atoms with Gasteiger partial charge >= 0.3 is 6.03 Å². The van der Waals surface area contributed by atoms with Crippen LogP contribution in [-0.2, 0) is 6.54 Å². The molecule has 5 nitrogen and oxygen atoms in total. The van der Waals surface area contributed by atoms with Crippen molar-refractivity contribution in [2.24, 2.45) is 5.92 Å². The molecule has 2 rings (SSSR count). The van der Waals surface area contributed by atoms with E-state index in [1.165, 1.54) is 0 Å². The zero-order valence-corrected chi connectivity index (χ0v) is 15.9. The van der Waals surface area contributed by atoms with Gasteiger partial charge in [0.2, 0.25) is 0 Å². The Labute approximate surface area is 151 Å². The molecule has 2 amide bonds. The smallest absolute Gasteiger partial charge is 0.317 e. The summed E-state index contributed by atoms with van der Waals surface area (Å²) in [5, 5.41) is 12.7. The number of nitrogens with zero attached hydrogens (tertiary/aromatic N) is 1. The number of carbonyl (C=O) groups is 1. The van der Waals surface area contributed by atoms with Crippen LogP contribution in [0.3, 0.4) is 0 Å². The SMILES string of the molecule is CCC(C)Oc1cc(C)ccc1CNC(=O)N1CCC(C(C)O)CC1. The van der Waals surface area contributed by atoms with Crippen molar-refractivity contribution >= 4 is 6.03 Å². The summed E-state index contributed by atoms with van der Waals surface area (Å²) < 4.78 is 6.00. The maximum Gasteiger partial charge on any atom is 0.317 e. The third kappa shape index (κ3) is 5.63. The van der Waals surface area contributed by atoms with Crippen molar-refractivity contribution in [1.29, 1.82) is 0 Å². The van der Waals surface area contributed by atoms with E-state index in [9.17, 15) is 9.90 Å². The van der Waals surface area contributed by atoms with Crippen molar-refractivity contribution in [2.75, 3.05) is 13.1 Å². The minimum Gasteiger partial charge on any atom is -0.490 e. The number of hydrogen-bond donors (Lipinski definition) is 2. The van der Waals surface area contributed by atoms with Crippen LogP contribution in [0.15, 0.2) is 18.2 Å². The van der Waals surface area contributed by atoms with Crippen molar-refractivity contribution in [3.05, 3.63) is 29.3 Å². The molecule has 1 fully saturated rings. The second-order valence-corrected chi connectivity index (χ2v) is 7.17. The Morgan fingerprint density at radius 2 is 2.04 bits per heavy atom. The Bertz CT molecular complexity index is 566. The minimum absolute atomic E-state index is 0.0425. The number of piperidine rings is 1. The average Bonchev–Trinajstić information content (AvgIpc) is 2.60. The fraction of sp³-hybridized carbons (Fsp3) is 0.650. The Balaban J connectivity index is 1.91. The number of urea groups is 1. The number of carbonyl (C=O) groups excluding carboxylic acids is 1. The van der Waals surface area contributed by atoms with Crippen LogP contribution in [0.25, 0.3) is 0 Å². The monoisotopic (exact) mass is 348 g/mol. The number of aliphatic hydroxyl groups excluding tert-OH is 1. The van der Waals surface area contributed by atoms with Crippen molar-refractivity contribution in [1.82, 2.24) is 10.2 Å². The van der Waals surface area contributed by atoms with Gasteiger partial charge in [-0.3, -0.25) is 0 Å². The molecule has 0 aliphatic carbocycles. The highest BCUT2D eigenvalue weighted by molar-refractivity contribution is 5.74. The summed E-state index contributed by atoms with van der Waals surface area (Å²) in [6.07, 6.45) is 2.52. The lowest BCUT2D eigenvalue weighted by molar-refractivity contribution is 0.0797. The van der Waals surface area contributed by atoms with E-state index in [1.807, 2.05) is 36.9 Å². The zero-order chi connectivity index (χ0) is 18.4. The molecule has 0 saturated carbocycles. The molecule has 2 N–H and O–H groups in total. The Morgan fingerprint density at radius 3 is 2.64 bits per heavy atom. The van der Waals surface area contributed by atoms with Gasteiger partial charge in [0.1, 0.15) is 5.75 Å². The number of likely N-dealkylation sites (tertiary alicyclic amines) is 1. The molecule has 1 saturated heterocycles. The molecule has 1 aliphatic heterocycles. The van der Waals surface area contributed by atoms with Crippen LogP contribution in [0.4, 0.5) is 4.79 Å². The first-order valence-electron chi connectivity index (χ1n) is 9.37. The molecule has 1 aliphatic rings. The van der Waals surface area contributed by atoms with E-state index in [0.29, 0.717) is 25.6 Å². The molecule has 1 aromatic rings. The van der Waals surface area contributed by atoms with Crippen LogP contribution in [0.1, 0.15) is 51.2 Å². The Hall–Kier alpha value is -1.75. The van der Waals surface area contributed by atoms with Gasteiger partial charge in [-0.25, -0.2) is 4.79 Å². The largest absolute Gasteiger partial charge is 0.490 e. The summed E-state index contributed by atoms with van der Waals surface area (Å²) in [4.78, 5) is 14.3. The van der Waals surface area contributed by atoms with Gasteiger partial charge in [0.25, 0.3) is 0 Å². The van der Waals surface area contributed by atoms with E-state index >= 15 is 0 Å². The molecule has 2 atom stereocenters. The fourth-order valence-electron chi connectivity index (χ4n) is 3.09. The predicted molar refractivity (Wildman–Crippen MR) is 99.8 cm³/mol. The van der Waals surface area contributed by atoms with E-state index in [0.717, 1.165) is 36.1 Å². The minimum atomic E-state index is -0.293. The molecule has 1 heterocycles. The lowest BCUT2D eigenvalue weighted by Crippen LogP contribution is -2.45. The number of aliphatic hydroxyl groups is 1. The van der Waals surface area contributed by atoms with Crippen LogP contribution in [0, 0.1) is 12.8 Å². The quantitative estimate of drug-likeness (QED) is 0.827. The van der Waals surface area contributed by atoms with Crippen LogP contribution < -0.4 is 10.1 Å². The van der Waals surface area contributed by atoms with E-state index in [2.05, 4.69) is 19.2 Å². The molecule has 140 valence electrons. The van der Waals surface area contributed by atoms with Gasteiger partial charge in [-0.1, -0.05) is 19.1 Å². The van der Waals surface area contributed by atoms with Gasteiger partial charge in [0, 0.05) is 25.2 Å². The Morgan fingerprint density at radius 1 is 1.36 bits per heavy atom. The number of amides is 2. The normalized spacial score (nSPS) is 17.9. The predicted octanol–water partition coefficient (Wildman–Crippen LogP) is 3.47. The molecule has 2 unspecified atom stereocenters. The van der Waals surface area contributed by atoms with Crippen molar-refractivity contribution in [3.63, 3.8) is 0 Å². The maximum absolute atomic E-state index is 12.4. The van der Waals surface area contributed by atoms with Gasteiger partial charge in [-0.05, 0) is 57.6 Å². The summed E-state index contributed by atoms with van der Waals surface area (Å²) in [7, 11) is 0. The average molecular weight is 348 g/mol. The molecular formula is C20H32N2O3. The van der Waals surface area contributed by atoms with Crippen LogP contribution >= 0.6 is 0 Å². The van der Waals surface area contributed by atoms with Gasteiger partial charge < -0.3 is 20.1 Å². The van der Waals surface area contributed by atoms with Gasteiger partial charge in [-0.15, -0.1) is 0 Å². The molecule has 25 heavy (non-hydrogen) atoms. The molecule has 0 bridgehead atoms. The van der Waals surface area contributed by atoms with E-state index < -0.39 is 0 Å². The molecule has 1 aromatic carbocycles. The number of nitrogens with one attached hydrogen (secondary N) is 1. The third-order valence-corrected chi connectivity index (χ3v) is 5.06. The lowest BCUT2D eigenvalue weighted by atomic mass is 9.92. The van der Waals surface area contributed by atoms with Crippen LogP contribution in [0.5, 0.6) is 5.75 Å². The zero-order valence-electron chi connectivity index (χ0n) is 15.9. The highest BCUT2D eigenvalue weighted by Crippen LogP contribution is 2.23. The fourth-order valence-corrected chi connectivity index (χ4v) is 3.09. The summed E-state index contributed by atoms with van der Waals surface area (Å²) in [5.41, 5.74) is 2.15. The van der Waals surface area contributed by atoms with E-state index in [1.54, 1.807) is 0 Å². The first-order valence-corrected chi connectivity index (χ1v) is 9.37. The second kappa shape index (κ2) is 9.09. The molecule has 0 spiro atoms. The van der Waals surface area contributed by atoms with Crippen molar-refractivity contribution in [3.8, 4) is 5.75 Å². The van der Waals surface area contributed by atoms with Crippen LogP contribution in [-0.4, -0.2) is 41.3 Å². The first-order chi connectivity index (χ1) is 11.9. The number of rotatable bonds is 6. The molecule has 0 aromatic heterocycles. The standard InChI is InChI=1S/C20H32N2O3/c1-5-15(3)25-19-12-14(2)6-7-18(19)13-21-20(24)22-10-8-17(9-11-22)16(4)23/h6-7,12,15-17,23H,5,8-11,13H2,1-4H3,(H,21,24). The van der Waals surface area contributed by atoms with E-state index in [4.69, 9.17) is 4.74 Å². The van der Waals surface area contributed by atoms with Crippen molar-refractivity contribution in [2.45, 2.75) is 65.7 Å². The molecule has 0 radical (unpaired) electrons. The number of benzene rings is 1. The van der Waals surface area contributed by atoms with Gasteiger partial charge in [-0.2, -0.15) is 0 Å². The van der Waals surface area contributed by atoms with Gasteiger partial charge in [0.05, 0.1) is 12.2 Å². The molecular weight excluding hydrogens is 316 g/mol. The number of ether oxygens (including phenoxy) is 1. The summed E-state index contributed by atoms with van der Waals surface area (Å²) >= 11 is 0. The van der Waals surface area contributed by atoms with Crippen molar-refractivity contribution < 1.29 is 14.6 Å². The topological polar surface area (TPSA) is 61.8 Å². The Kier molecular flexibility index (Phi) is 7.12. The highest BCUT2D eigenvalue weighted by atomic mass is 16.5. The number of hydrogen-bond acceptors (Lipinski definition) is 3. The summed E-state index contributed by atoms with van der Waals surface area (Å²) in [5.74, 6) is 1.15. The number of aryl methyl sites for hydroxylation is 1. The van der Waals surface area contributed by atoms with Crippen LogP contribution in [0.2, 0.25) is 0 Å². The maximum atomic E-state index is 12.4. The van der Waals surface area contributed by atoms with E-state index in [-0.39, 0.29) is 18.2 Å². The summed E-state index contributed by atoms with van der Waals surface area (Å²) in [6.45, 7) is 9.88. The highest BCUT2D eigenvalue weighted by Gasteiger charge is 2.25. The third-order valence-electron chi connectivity index (χ3n) is 5.06. The molecule has 5 heteroatoms. The lowest BCUT2D eigenvalue weighted by Gasteiger charge is -2.33. The first kappa shape index (κ1) is 19.6. The van der Waals surface area contributed by atoms with Gasteiger partial charge in [0.15, 0.2) is 0 Å². The second-order valence-electron chi connectivity index (χ2n) is 7.17. The summed E-state index contributed by atoms with van der Waals surface area (Å²) in [6, 6.07) is 6.05.